The number of carbonyl (C=O) groups excluding carboxylic acids is 1. The molecule has 0 saturated carbocycles. The van der Waals surface area contributed by atoms with Crippen molar-refractivity contribution in [2.75, 3.05) is 36.8 Å². The zero-order valence-corrected chi connectivity index (χ0v) is 21.2. The molecule has 1 amide bonds. The third-order valence-corrected chi connectivity index (χ3v) is 7.34. The van der Waals surface area contributed by atoms with Gasteiger partial charge in [0.05, 0.1) is 10.2 Å². The van der Waals surface area contributed by atoms with Crippen molar-refractivity contribution < 1.29 is 4.79 Å². The lowest BCUT2D eigenvalue weighted by Crippen LogP contribution is -2.39. The molecule has 0 bridgehead atoms. The van der Waals surface area contributed by atoms with Crippen LogP contribution in [0.5, 0.6) is 0 Å². The molecule has 0 spiro atoms. The van der Waals surface area contributed by atoms with E-state index in [0.717, 1.165) is 46.3 Å². The second-order valence-corrected chi connectivity index (χ2v) is 9.58. The van der Waals surface area contributed by atoms with E-state index in [1.54, 1.807) is 23.1 Å². The first-order valence-corrected chi connectivity index (χ1v) is 12.4. The molecule has 168 valence electrons. The number of likely N-dealkylation sites (N-methyl/N-ethyl adjacent to an activating group) is 1. The molecule has 31 heavy (non-hydrogen) atoms. The molecule has 7 heteroatoms. The number of aromatic nitrogens is 1. The predicted molar refractivity (Wildman–Crippen MR) is 138 cm³/mol. The molecule has 1 aromatic heterocycles. The number of anilines is 1. The maximum absolute atomic E-state index is 13.2. The molecule has 0 atom stereocenters. The van der Waals surface area contributed by atoms with Gasteiger partial charge >= 0.3 is 0 Å². The van der Waals surface area contributed by atoms with Crippen LogP contribution in [-0.2, 0) is 4.79 Å². The number of hydrogen-bond acceptors (Lipinski definition) is 5. The Kier molecular flexibility index (Phi) is 10.3. The third-order valence-electron chi connectivity index (χ3n) is 5.28. The summed E-state index contributed by atoms with van der Waals surface area (Å²) in [4.78, 5) is 23.5. The number of carbonyl (C=O) groups is 1. The van der Waals surface area contributed by atoms with Gasteiger partial charge in [-0.2, -0.15) is 0 Å². The van der Waals surface area contributed by atoms with Crippen LogP contribution in [0.2, 0.25) is 0 Å². The molecule has 4 nitrogen and oxygen atoms in total. The van der Waals surface area contributed by atoms with Gasteiger partial charge in [0.15, 0.2) is 5.13 Å². The number of thioether (sulfide) groups is 1. The van der Waals surface area contributed by atoms with Crippen molar-refractivity contribution in [3.63, 3.8) is 0 Å². The van der Waals surface area contributed by atoms with Gasteiger partial charge in [-0.15, -0.1) is 24.2 Å². The van der Waals surface area contributed by atoms with E-state index < -0.39 is 0 Å². The van der Waals surface area contributed by atoms with E-state index in [2.05, 4.69) is 75.1 Å². The Morgan fingerprint density at radius 2 is 1.74 bits per heavy atom. The van der Waals surface area contributed by atoms with Crippen LogP contribution in [0.3, 0.4) is 0 Å². The average molecular weight is 478 g/mol. The first-order chi connectivity index (χ1) is 14.5. The quantitative estimate of drug-likeness (QED) is 0.326. The number of amides is 1. The summed E-state index contributed by atoms with van der Waals surface area (Å²) in [5.41, 5.74) is 3.41. The Balaban J connectivity index is 0.00000341. The van der Waals surface area contributed by atoms with Crippen LogP contribution in [0, 0.1) is 13.8 Å². The van der Waals surface area contributed by atoms with Crippen LogP contribution in [0.25, 0.3) is 10.2 Å². The number of aryl methyl sites for hydroxylation is 2. The van der Waals surface area contributed by atoms with E-state index in [9.17, 15) is 4.79 Å². The highest BCUT2D eigenvalue weighted by Gasteiger charge is 2.20. The van der Waals surface area contributed by atoms with Gasteiger partial charge < -0.3 is 4.90 Å². The van der Waals surface area contributed by atoms with Crippen molar-refractivity contribution >= 4 is 56.8 Å². The molecule has 0 radical (unpaired) electrons. The fourth-order valence-corrected chi connectivity index (χ4v) is 5.25. The van der Waals surface area contributed by atoms with E-state index in [-0.39, 0.29) is 18.3 Å². The number of benzene rings is 2. The molecule has 1 heterocycles. The topological polar surface area (TPSA) is 36.4 Å². The lowest BCUT2D eigenvalue weighted by molar-refractivity contribution is -0.118. The van der Waals surface area contributed by atoms with Crippen LogP contribution in [-0.4, -0.2) is 47.7 Å². The Morgan fingerprint density at radius 3 is 2.39 bits per heavy atom. The second-order valence-electron chi connectivity index (χ2n) is 7.40. The van der Waals surface area contributed by atoms with Gasteiger partial charge in [0, 0.05) is 30.2 Å². The highest BCUT2D eigenvalue weighted by atomic mass is 35.5. The molecule has 2 aromatic carbocycles. The van der Waals surface area contributed by atoms with Crippen molar-refractivity contribution in [1.82, 2.24) is 9.88 Å². The number of thiazole rings is 1. The average Bonchev–Trinajstić information content (AvgIpc) is 3.18. The number of para-hydroxylation sites is 1. The van der Waals surface area contributed by atoms with Gasteiger partial charge in [-0.3, -0.25) is 9.69 Å². The van der Waals surface area contributed by atoms with Crippen molar-refractivity contribution in [2.24, 2.45) is 0 Å². The maximum Gasteiger partial charge on any atom is 0.229 e. The molecule has 0 aliphatic rings. The number of rotatable bonds is 10. The standard InChI is InChI=1S/C24H31N3OS2.ClH/c1-5-26(6-2)15-16-27(24-25-23-19(4)8-7-9-21(23)30-24)22(28)14-17-29-20-12-10-18(3)11-13-20;/h7-13H,5-6,14-17H2,1-4H3;1H. The molecule has 0 unspecified atom stereocenters. The molecule has 0 saturated heterocycles. The van der Waals surface area contributed by atoms with E-state index in [0.29, 0.717) is 13.0 Å². The van der Waals surface area contributed by atoms with E-state index >= 15 is 0 Å². The molecule has 3 aromatic rings. The van der Waals surface area contributed by atoms with Gasteiger partial charge in [0.25, 0.3) is 0 Å². The van der Waals surface area contributed by atoms with Gasteiger partial charge in [0.2, 0.25) is 5.91 Å². The van der Waals surface area contributed by atoms with Crippen LogP contribution in [0.15, 0.2) is 47.4 Å². The van der Waals surface area contributed by atoms with Gasteiger partial charge in [-0.1, -0.05) is 55.0 Å². The SMILES string of the molecule is CCN(CC)CCN(C(=O)CCSc1ccc(C)cc1)c1nc2c(C)cccc2s1.Cl. The fourth-order valence-electron chi connectivity index (χ4n) is 3.32. The Hall–Kier alpha value is -1.60. The lowest BCUT2D eigenvalue weighted by Gasteiger charge is -2.24. The Bertz CT molecular complexity index is 971. The monoisotopic (exact) mass is 477 g/mol. The van der Waals surface area contributed by atoms with Gasteiger partial charge in [-0.25, -0.2) is 4.98 Å². The highest BCUT2D eigenvalue weighted by Crippen LogP contribution is 2.31. The molecule has 3 rings (SSSR count). The summed E-state index contributed by atoms with van der Waals surface area (Å²) < 4.78 is 1.14. The van der Waals surface area contributed by atoms with Crippen molar-refractivity contribution in [3.8, 4) is 0 Å². The number of hydrogen-bond donors (Lipinski definition) is 0. The maximum atomic E-state index is 13.2. The normalized spacial score (nSPS) is 11.0. The first kappa shape index (κ1) is 25.7. The summed E-state index contributed by atoms with van der Waals surface area (Å²) in [5.74, 6) is 0.923. The summed E-state index contributed by atoms with van der Waals surface area (Å²) >= 11 is 3.35. The molecule has 0 fully saturated rings. The van der Waals surface area contributed by atoms with Crippen LogP contribution < -0.4 is 4.90 Å². The second kappa shape index (κ2) is 12.4. The van der Waals surface area contributed by atoms with Gasteiger partial charge in [0.1, 0.15) is 0 Å². The van der Waals surface area contributed by atoms with E-state index in [4.69, 9.17) is 4.98 Å². The van der Waals surface area contributed by atoms with Gasteiger partial charge in [-0.05, 0) is 50.7 Å². The molecule has 0 N–H and O–H groups in total. The largest absolute Gasteiger partial charge is 0.302 e. The number of fused-ring (bicyclic) bond motifs is 1. The zero-order valence-electron chi connectivity index (χ0n) is 18.8. The summed E-state index contributed by atoms with van der Waals surface area (Å²) in [6, 6.07) is 14.7. The van der Waals surface area contributed by atoms with Crippen molar-refractivity contribution in [3.05, 3.63) is 53.6 Å². The fraction of sp³-hybridized carbons (Fsp3) is 0.417. The first-order valence-electron chi connectivity index (χ1n) is 10.6. The molecular weight excluding hydrogens is 446 g/mol. The minimum atomic E-state index is 0. The van der Waals surface area contributed by atoms with Crippen molar-refractivity contribution in [2.45, 2.75) is 39.0 Å². The predicted octanol–water partition coefficient (Wildman–Crippen LogP) is 6.19. The van der Waals surface area contributed by atoms with Crippen molar-refractivity contribution in [1.29, 1.82) is 0 Å². The number of halogens is 1. The van der Waals surface area contributed by atoms with Crippen LogP contribution >= 0.6 is 35.5 Å². The van der Waals surface area contributed by atoms with E-state index in [1.165, 1.54) is 10.5 Å². The Morgan fingerprint density at radius 1 is 1.03 bits per heavy atom. The van der Waals surface area contributed by atoms with Crippen LogP contribution in [0.4, 0.5) is 5.13 Å². The summed E-state index contributed by atoms with van der Waals surface area (Å²) in [6.07, 6.45) is 0.506. The number of nitrogens with zero attached hydrogens (tertiary/aromatic N) is 3. The molecular formula is C24H32ClN3OS2. The molecule has 0 aliphatic heterocycles. The minimum absolute atomic E-state index is 0. The zero-order chi connectivity index (χ0) is 21.5. The smallest absolute Gasteiger partial charge is 0.229 e. The molecule has 0 aliphatic carbocycles. The Labute approximate surface area is 200 Å². The summed E-state index contributed by atoms with van der Waals surface area (Å²) in [7, 11) is 0. The highest BCUT2D eigenvalue weighted by molar-refractivity contribution is 7.99. The minimum Gasteiger partial charge on any atom is -0.302 e. The van der Waals surface area contributed by atoms with E-state index in [1.807, 2.05) is 4.90 Å². The van der Waals surface area contributed by atoms with Crippen LogP contribution in [0.1, 0.15) is 31.4 Å². The lowest BCUT2D eigenvalue weighted by atomic mass is 10.2. The summed E-state index contributed by atoms with van der Waals surface area (Å²) in [6.45, 7) is 12.0. The third kappa shape index (κ3) is 6.94. The summed E-state index contributed by atoms with van der Waals surface area (Å²) in [5, 5.41) is 0.816.